The molecule has 2 heterocycles. The Morgan fingerprint density at radius 1 is 1.58 bits per heavy atom. The first-order valence-corrected chi connectivity index (χ1v) is 7.16. The largest absolute Gasteiger partial charge is 0.355 e. The Bertz CT molecular complexity index is 432. The van der Waals surface area contributed by atoms with Gasteiger partial charge in [0.05, 0.1) is 5.56 Å². The number of nitriles is 1. The predicted octanol–water partition coefficient (Wildman–Crippen LogP) is 2.17. The molecule has 1 aliphatic heterocycles. The van der Waals surface area contributed by atoms with Crippen LogP contribution in [0.5, 0.6) is 0 Å². The van der Waals surface area contributed by atoms with Crippen molar-refractivity contribution in [3.63, 3.8) is 0 Å². The summed E-state index contributed by atoms with van der Waals surface area (Å²) in [6.07, 6.45) is 5.36. The Kier molecular flexibility index (Phi) is 5.17. The lowest BCUT2D eigenvalue weighted by atomic mass is 9.99. The summed E-state index contributed by atoms with van der Waals surface area (Å²) in [6.45, 7) is 6.34. The smallest absolute Gasteiger partial charge is 0.146 e. The molecular weight excluding hydrogens is 236 g/mol. The van der Waals surface area contributed by atoms with Crippen LogP contribution in [0, 0.1) is 17.2 Å². The number of anilines is 1. The van der Waals surface area contributed by atoms with Crippen LogP contribution < -0.4 is 10.2 Å². The SMILES string of the molecule is CCCN(CC1CCCNC1)c1ncccc1C#N. The highest BCUT2D eigenvalue weighted by Crippen LogP contribution is 2.20. The number of rotatable bonds is 5. The lowest BCUT2D eigenvalue weighted by Gasteiger charge is -2.31. The van der Waals surface area contributed by atoms with Crippen molar-refractivity contribution in [2.45, 2.75) is 26.2 Å². The molecular formula is C15H22N4. The van der Waals surface area contributed by atoms with E-state index in [1.165, 1.54) is 12.8 Å². The van der Waals surface area contributed by atoms with Gasteiger partial charge in [0.2, 0.25) is 0 Å². The van der Waals surface area contributed by atoms with Crippen molar-refractivity contribution in [1.82, 2.24) is 10.3 Å². The van der Waals surface area contributed by atoms with Gasteiger partial charge in [-0.3, -0.25) is 0 Å². The summed E-state index contributed by atoms with van der Waals surface area (Å²) in [5.74, 6) is 1.51. The van der Waals surface area contributed by atoms with Crippen LogP contribution in [-0.4, -0.2) is 31.2 Å². The third kappa shape index (κ3) is 3.68. The Morgan fingerprint density at radius 3 is 3.16 bits per heavy atom. The van der Waals surface area contributed by atoms with Crippen molar-refractivity contribution in [3.05, 3.63) is 23.9 Å². The molecule has 102 valence electrons. The summed E-state index contributed by atoms with van der Waals surface area (Å²) >= 11 is 0. The maximum Gasteiger partial charge on any atom is 0.146 e. The molecule has 2 rings (SSSR count). The zero-order valence-corrected chi connectivity index (χ0v) is 11.6. The fourth-order valence-corrected chi connectivity index (χ4v) is 2.68. The van der Waals surface area contributed by atoms with Gasteiger partial charge in [0.1, 0.15) is 11.9 Å². The third-order valence-corrected chi connectivity index (χ3v) is 3.58. The summed E-state index contributed by atoms with van der Waals surface area (Å²) in [5, 5.41) is 12.7. The van der Waals surface area contributed by atoms with E-state index in [1.54, 1.807) is 6.20 Å². The van der Waals surface area contributed by atoms with Crippen LogP contribution >= 0.6 is 0 Å². The molecule has 1 fully saturated rings. The first-order chi connectivity index (χ1) is 9.35. The predicted molar refractivity (Wildman–Crippen MR) is 77.0 cm³/mol. The molecule has 0 saturated carbocycles. The molecule has 1 N–H and O–H groups in total. The van der Waals surface area contributed by atoms with Gasteiger partial charge in [-0.25, -0.2) is 4.98 Å². The molecule has 4 heteroatoms. The Balaban J connectivity index is 2.12. The number of hydrogen-bond donors (Lipinski definition) is 1. The van der Waals surface area contributed by atoms with Crippen LogP contribution in [0.4, 0.5) is 5.82 Å². The number of nitrogens with one attached hydrogen (secondary N) is 1. The number of pyridine rings is 1. The molecule has 1 unspecified atom stereocenters. The van der Waals surface area contributed by atoms with Crippen molar-refractivity contribution in [2.24, 2.45) is 5.92 Å². The molecule has 1 atom stereocenters. The van der Waals surface area contributed by atoms with E-state index in [0.29, 0.717) is 11.5 Å². The Labute approximate surface area is 115 Å². The average Bonchev–Trinajstić information content (AvgIpc) is 2.48. The second-order valence-corrected chi connectivity index (χ2v) is 5.14. The number of piperidine rings is 1. The zero-order valence-electron chi connectivity index (χ0n) is 11.6. The van der Waals surface area contributed by atoms with Crippen molar-refractivity contribution in [2.75, 3.05) is 31.1 Å². The molecule has 0 amide bonds. The van der Waals surface area contributed by atoms with E-state index in [0.717, 1.165) is 38.4 Å². The van der Waals surface area contributed by atoms with Gasteiger partial charge in [-0.05, 0) is 50.4 Å². The zero-order chi connectivity index (χ0) is 13.5. The second kappa shape index (κ2) is 7.10. The average molecular weight is 258 g/mol. The quantitative estimate of drug-likeness (QED) is 0.879. The van der Waals surface area contributed by atoms with Crippen LogP contribution in [0.3, 0.4) is 0 Å². The molecule has 1 aliphatic rings. The van der Waals surface area contributed by atoms with Crippen LogP contribution in [0.15, 0.2) is 18.3 Å². The van der Waals surface area contributed by atoms with E-state index >= 15 is 0 Å². The first kappa shape index (κ1) is 13.8. The highest BCUT2D eigenvalue weighted by Gasteiger charge is 2.19. The van der Waals surface area contributed by atoms with Crippen LogP contribution in [-0.2, 0) is 0 Å². The first-order valence-electron chi connectivity index (χ1n) is 7.16. The van der Waals surface area contributed by atoms with Gasteiger partial charge in [-0.15, -0.1) is 0 Å². The van der Waals surface area contributed by atoms with Gasteiger partial charge in [0, 0.05) is 19.3 Å². The van der Waals surface area contributed by atoms with Crippen LogP contribution in [0.2, 0.25) is 0 Å². The number of hydrogen-bond acceptors (Lipinski definition) is 4. The fraction of sp³-hybridized carbons (Fsp3) is 0.600. The van der Waals surface area contributed by atoms with Gasteiger partial charge in [-0.2, -0.15) is 5.26 Å². The molecule has 1 saturated heterocycles. The molecule has 1 aromatic heterocycles. The summed E-state index contributed by atoms with van der Waals surface area (Å²) in [6, 6.07) is 5.93. The monoisotopic (exact) mass is 258 g/mol. The highest BCUT2D eigenvalue weighted by molar-refractivity contribution is 5.53. The Morgan fingerprint density at radius 2 is 2.47 bits per heavy atom. The molecule has 4 nitrogen and oxygen atoms in total. The second-order valence-electron chi connectivity index (χ2n) is 5.14. The maximum atomic E-state index is 9.21. The van der Waals surface area contributed by atoms with E-state index in [4.69, 9.17) is 0 Å². The van der Waals surface area contributed by atoms with E-state index < -0.39 is 0 Å². The van der Waals surface area contributed by atoms with Crippen LogP contribution in [0.25, 0.3) is 0 Å². The summed E-state index contributed by atoms with van der Waals surface area (Å²) in [5.41, 5.74) is 0.680. The minimum absolute atomic E-state index is 0.661. The lowest BCUT2D eigenvalue weighted by Crippen LogP contribution is -2.39. The molecule has 0 spiro atoms. The highest BCUT2D eigenvalue weighted by atomic mass is 15.2. The molecule has 0 radical (unpaired) electrons. The molecule has 0 aromatic carbocycles. The van der Waals surface area contributed by atoms with Gasteiger partial charge in [0.25, 0.3) is 0 Å². The fourth-order valence-electron chi connectivity index (χ4n) is 2.68. The van der Waals surface area contributed by atoms with E-state index in [-0.39, 0.29) is 0 Å². The summed E-state index contributed by atoms with van der Waals surface area (Å²) in [4.78, 5) is 6.69. The van der Waals surface area contributed by atoms with Crippen molar-refractivity contribution < 1.29 is 0 Å². The van der Waals surface area contributed by atoms with E-state index in [2.05, 4.69) is 28.2 Å². The van der Waals surface area contributed by atoms with Crippen LogP contribution in [0.1, 0.15) is 31.7 Å². The molecule has 0 aliphatic carbocycles. The van der Waals surface area contributed by atoms with Crippen molar-refractivity contribution in [1.29, 1.82) is 5.26 Å². The number of nitrogens with zero attached hydrogens (tertiary/aromatic N) is 3. The number of aromatic nitrogens is 1. The van der Waals surface area contributed by atoms with Gasteiger partial charge in [0.15, 0.2) is 0 Å². The van der Waals surface area contributed by atoms with E-state index in [9.17, 15) is 5.26 Å². The Hall–Kier alpha value is -1.60. The summed E-state index contributed by atoms with van der Waals surface area (Å²) in [7, 11) is 0. The third-order valence-electron chi connectivity index (χ3n) is 3.58. The maximum absolute atomic E-state index is 9.21. The molecule has 19 heavy (non-hydrogen) atoms. The van der Waals surface area contributed by atoms with Gasteiger partial charge in [-0.1, -0.05) is 6.92 Å². The molecule has 1 aromatic rings. The summed E-state index contributed by atoms with van der Waals surface area (Å²) < 4.78 is 0. The van der Waals surface area contributed by atoms with Crippen molar-refractivity contribution >= 4 is 5.82 Å². The van der Waals surface area contributed by atoms with Gasteiger partial charge >= 0.3 is 0 Å². The standard InChI is InChI=1S/C15H22N4/c1-2-9-19(12-13-5-3-7-17-11-13)15-14(10-16)6-4-8-18-15/h4,6,8,13,17H,2-3,5,7,9,11-12H2,1H3. The topological polar surface area (TPSA) is 52.0 Å². The minimum Gasteiger partial charge on any atom is -0.355 e. The molecule has 0 bridgehead atoms. The lowest BCUT2D eigenvalue weighted by molar-refractivity contribution is 0.376. The normalized spacial score (nSPS) is 18.8. The van der Waals surface area contributed by atoms with E-state index in [1.807, 2.05) is 12.1 Å². The minimum atomic E-state index is 0.661. The van der Waals surface area contributed by atoms with Crippen molar-refractivity contribution in [3.8, 4) is 6.07 Å². The van der Waals surface area contributed by atoms with Gasteiger partial charge < -0.3 is 10.2 Å².